The van der Waals surface area contributed by atoms with E-state index in [1.807, 2.05) is 22.1 Å². The standard InChI is InChI=1S/C14H10FN3O2S/c15-11-6-10(7-12(8-11)18(19)20)9-17-4-3-16-14(17)13-2-1-5-21-13/h1-8H,9H2. The average molecular weight is 303 g/mol. The first-order valence-electron chi connectivity index (χ1n) is 6.12. The van der Waals surface area contributed by atoms with E-state index in [1.54, 1.807) is 23.7 Å². The van der Waals surface area contributed by atoms with Crippen LogP contribution in [-0.2, 0) is 6.54 Å². The van der Waals surface area contributed by atoms with Crippen molar-refractivity contribution >= 4 is 17.0 Å². The van der Waals surface area contributed by atoms with E-state index < -0.39 is 10.7 Å². The van der Waals surface area contributed by atoms with E-state index in [1.165, 1.54) is 12.1 Å². The number of rotatable bonds is 4. The molecule has 0 radical (unpaired) electrons. The fourth-order valence-electron chi connectivity index (χ4n) is 2.09. The maximum Gasteiger partial charge on any atom is 0.272 e. The van der Waals surface area contributed by atoms with Gasteiger partial charge in [-0.1, -0.05) is 6.07 Å². The number of thiophene rings is 1. The minimum absolute atomic E-state index is 0.247. The van der Waals surface area contributed by atoms with Gasteiger partial charge in [0.05, 0.1) is 15.9 Å². The highest BCUT2D eigenvalue weighted by Gasteiger charge is 2.12. The molecule has 0 amide bonds. The molecule has 0 fully saturated rings. The maximum absolute atomic E-state index is 13.5. The number of nitrogens with zero attached hydrogens (tertiary/aromatic N) is 3. The molecule has 2 heterocycles. The van der Waals surface area contributed by atoms with Gasteiger partial charge < -0.3 is 4.57 Å². The van der Waals surface area contributed by atoms with Gasteiger partial charge in [-0.3, -0.25) is 10.1 Å². The van der Waals surface area contributed by atoms with Gasteiger partial charge in [-0.15, -0.1) is 11.3 Å². The summed E-state index contributed by atoms with van der Waals surface area (Å²) in [7, 11) is 0. The quantitative estimate of drug-likeness (QED) is 0.545. The molecule has 3 aromatic rings. The first-order chi connectivity index (χ1) is 10.1. The van der Waals surface area contributed by atoms with E-state index >= 15 is 0 Å². The Bertz CT molecular complexity index is 783. The monoisotopic (exact) mass is 303 g/mol. The molecule has 0 bridgehead atoms. The molecule has 2 aromatic heterocycles. The van der Waals surface area contributed by atoms with Crippen LogP contribution >= 0.6 is 11.3 Å². The fraction of sp³-hybridized carbons (Fsp3) is 0.0714. The molecule has 0 N–H and O–H groups in total. The smallest absolute Gasteiger partial charge is 0.272 e. The van der Waals surface area contributed by atoms with E-state index in [4.69, 9.17) is 0 Å². The van der Waals surface area contributed by atoms with Gasteiger partial charge in [-0.05, 0) is 23.1 Å². The molecule has 1 aromatic carbocycles. The zero-order valence-corrected chi connectivity index (χ0v) is 11.6. The lowest BCUT2D eigenvalue weighted by Gasteiger charge is -2.07. The number of halogens is 1. The molecule has 106 valence electrons. The van der Waals surface area contributed by atoms with Crippen molar-refractivity contribution in [3.8, 4) is 10.7 Å². The number of hydrogen-bond donors (Lipinski definition) is 0. The summed E-state index contributed by atoms with van der Waals surface area (Å²) in [5, 5.41) is 12.7. The molecule has 0 aliphatic heterocycles. The van der Waals surface area contributed by atoms with E-state index in [0.717, 1.165) is 16.8 Å². The molecule has 21 heavy (non-hydrogen) atoms. The molecule has 0 spiro atoms. The summed E-state index contributed by atoms with van der Waals surface area (Å²) >= 11 is 1.55. The van der Waals surface area contributed by atoms with Gasteiger partial charge in [0.25, 0.3) is 5.69 Å². The minimum atomic E-state index is -0.614. The van der Waals surface area contributed by atoms with E-state index in [2.05, 4.69) is 4.98 Å². The third-order valence-electron chi connectivity index (χ3n) is 2.96. The summed E-state index contributed by atoms with van der Waals surface area (Å²) in [6, 6.07) is 7.45. The minimum Gasteiger partial charge on any atom is -0.326 e. The average Bonchev–Trinajstić information content (AvgIpc) is 3.08. The van der Waals surface area contributed by atoms with Crippen LogP contribution in [0, 0.1) is 15.9 Å². The first kappa shape index (κ1) is 13.4. The first-order valence-corrected chi connectivity index (χ1v) is 7.00. The zero-order chi connectivity index (χ0) is 14.8. The number of hydrogen-bond acceptors (Lipinski definition) is 4. The number of aromatic nitrogens is 2. The molecule has 0 saturated heterocycles. The second-order valence-corrected chi connectivity index (χ2v) is 5.38. The van der Waals surface area contributed by atoms with E-state index in [9.17, 15) is 14.5 Å². The normalized spacial score (nSPS) is 10.7. The zero-order valence-electron chi connectivity index (χ0n) is 10.8. The van der Waals surface area contributed by atoms with Crippen LogP contribution in [0.4, 0.5) is 10.1 Å². The molecule has 0 atom stereocenters. The van der Waals surface area contributed by atoms with E-state index in [-0.39, 0.29) is 5.69 Å². The largest absolute Gasteiger partial charge is 0.326 e. The van der Waals surface area contributed by atoms with Crippen molar-refractivity contribution in [2.45, 2.75) is 6.54 Å². The van der Waals surface area contributed by atoms with Gasteiger partial charge in [-0.2, -0.15) is 0 Å². The van der Waals surface area contributed by atoms with Crippen molar-refractivity contribution in [1.29, 1.82) is 0 Å². The highest BCUT2D eigenvalue weighted by atomic mass is 32.1. The van der Waals surface area contributed by atoms with Crippen molar-refractivity contribution in [1.82, 2.24) is 9.55 Å². The number of imidazole rings is 1. The van der Waals surface area contributed by atoms with Crippen LogP contribution in [0.5, 0.6) is 0 Å². The summed E-state index contributed by atoms with van der Waals surface area (Å²) < 4.78 is 15.3. The Labute approximate surface area is 123 Å². The Morgan fingerprint density at radius 3 is 2.95 bits per heavy atom. The molecule has 0 saturated carbocycles. The van der Waals surface area contributed by atoms with Crippen LogP contribution in [0.15, 0.2) is 48.1 Å². The summed E-state index contributed by atoms with van der Waals surface area (Å²) in [5.74, 6) is 0.147. The van der Waals surface area contributed by atoms with Crippen molar-refractivity contribution < 1.29 is 9.31 Å². The molecule has 7 heteroatoms. The third-order valence-corrected chi connectivity index (χ3v) is 3.83. The highest BCUT2D eigenvalue weighted by Crippen LogP contribution is 2.24. The van der Waals surface area contributed by atoms with Gasteiger partial charge in [0.1, 0.15) is 11.6 Å². The van der Waals surface area contributed by atoms with Gasteiger partial charge in [0.2, 0.25) is 0 Å². The van der Waals surface area contributed by atoms with Crippen molar-refractivity contribution in [3.63, 3.8) is 0 Å². The Morgan fingerprint density at radius 1 is 1.38 bits per heavy atom. The topological polar surface area (TPSA) is 61.0 Å². The number of nitro benzene ring substituents is 1. The molecule has 0 unspecified atom stereocenters. The van der Waals surface area contributed by atoms with Gasteiger partial charge >= 0.3 is 0 Å². The van der Waals surface area contributed by atoms with Crippen molar-refractivity contribution in [2.24, 2.45) is 0 Å². The summed E-state index contributed by atoms with van der Waals surface area (Å²) in [6.45, 7) is 0.325. The molecule has 0 aliphatic carbocycles. The summed E-state index contributed by atoms with van der Waals surface area (Å²) in [4.78, 5) is 15.5. The van der Waals surface area contributed by atoms with Crippen molar-refractivity contribution in [2.75, 3.05) is 0 Å². The Hall–Kier alpha value is -2.54. The lowest BCUT2D eigenvalue weighted by Crippen LogP contribution is -2.02. The molecule has 0 aliphatic rings. The number of nitro groups is 1. The van der Waals surface area contributed by atoms with Crippen LogP contribution in [0.25, 0.3) is 10.7 Å². The second-order valence-electron chi connectivity index (χ2n) is 4.43. The summed E-state index contributed by atoms with van der Waals surface area (Å²) in [5.41, 5.74) is 0.278. The molecule has 5 nitrogen and oxygen atoms in total. The van der Waals surface area contributed by atoms with Gasteiger partial charge in [0.15, 0.2) is 0 Å². The number of benzene rings is 1. The Balaban J connectivity index is 1.95. The molecular weight excluding hydrogens is 293 g/mol. The van der Waals surface area contributed by atoms with Crippen LogP contribution in [0.3, 0.4) is 0 Å². The van der Waals surface area contributed by atoms with Crippen molar-refractivity contribution in [3.05, 3.63) is 69.6 Å². The Morgan fingerprint density at radius 2 is 2.24 bits per heavy atom. The SMILES string of the molecule is O=[N+]([O-])c1cc(F)cc(Cn2ccnc2-c2cccs2)c1. The predicted molar refractivity (Wildman–Crippen MR) is 77.7 cm³/mol. The Kier molecular flexibility index (Phi) is 3.49. The van der Waals surface area contributed by atoms with Crippen LogP contribution in [0.1, 0.15) is 5.56 Å². The summed E-state index contributed by atoms with van der Waals surface area (Å²) in [6.07, 6.45) is 3.43. The predicted octanol–water partition coefficient (Wildman–Crippen LogP) is 3.71. The highest BCUT2D eigenvalue weighted by molar-refractivity contribution is 7.13. The maximum atomic E-state index is 13.5. The van der Waals surface area contributed by atoms with Crippen LogP contribution < -0.4 is 0 Å². The van der Waals surface area contributed by atoms with Crippen LogP contribution in [-0.4, -0.2) is 14.5 Å². The lowest BCUT2D eigenvalue weighted by atomic mass is 10.2. The third kappa shape index (κ3) is 2.82. The fourth-order valence-corrected chi connectivity index (χ4v) is 2.83. The van der Waals surface area contributed by atoms with Gasteiger partial charge in [-0.25, -0.2) is 9.37 Å². The lowest BCUT2D eigenvalue weighted by molar-refractivity contribution is -0.385. The second kappa shape index (κ2) is 5.45. The van der Waals surface area contributed by atoms with E-state index in [0.29, 0.717) is 12.1 Å². The van der Waals surface area contributed by atoms with Gasteiger partial charge in [0, 0.05) is 25.0 Å². The molecular formula is C14H10FN3O2S. The number of non-ortho nitro benzene ring substituents is 1. The van der Waals surface area contributed by atoms with Crippen LogP contribution in [0.2, 0.25) is 0 Å². The molecule has 3 rings (SSSR count).